The first-order chi connectivity index (χ1) is 8.75. The fourth-order valence-corrected chi connectivity index (χ4v) is 2.05. The molecule has 0 fully saturated rings. The van der Waals surface area contributed by atoms with Crippen molar-refractivity contribution in [1.29, 1.82) is 0 Å². The van der Waals surface area contributed by atoms with Gasteiger partial charge >= 0.3 is 0 Å². The highest BCUT2D eigenvalue weighted by Crippen LogP contribution is 2.35. The molecule has 0 spiro atoms. The highest BCUT2D eigenvalue weighted by molar-refractivity contribution is 5.90. The summed E-state index contributed by atoms with van der Waals surface area (Å²) in [5.74, 6) is 1.14. The lowest BCUT2D eigenvalue weighted by Gasteiger charge is -2.20. The standard InChI is InChI=1S/C15H12O3/c16-11-7-5-10(6-8-11)13-9-18-14-4-2-1-3-12(14)15(13)17/h1-8,16-17H,9H2. The molecular formula is C15H12O3. The lowest BCUT2D eigenvalue weighted by molar-refractivity contribution is 0.354. The second-order valence-electron chi connectivity index (χ2n) is 4.16. The molecule has 0 atom stereocenters. The second kappa shape index (κ2) is 4.11. The molecule has 1 heterocycles. The van der Waals surface area contributed by atoms with Crippen LogP contribution in [0.25, 0.3) is 11.3 Å². The number of aromatic hydroxyl groups is 1. The summed E-state index contributed by atoms with van der Waals surface area (Å²) in [4.78, 5) is 0. The maximum atomic E-state index is 10.3. The van der Waals surface area contributed by atoms with Crippen molar-refractivity contribution in [2.24, 2.45) is 0 Å². The lowest BCUT2D eigenvalue weighted by atomic mass is 9.99. The van der Waals surface area contributed by atoms with Gasteiger partial charge in [-0.25, -0.2) is 0 Å². The largest absolute Gasteiger partial charge is 0.508 e. The zero-order valence-electron chi connectivity index (χ0n) is 9.63. The summed E-state index contributed by atoms with van der Waals surface area (Å²) in [6, 6.07) is 14.1. The number of para-hydroxylation sites is 1. The van der Waals surface area contributed by atoms with E-state index in [0.717, 1.165) is 11.1 Å². The Morgan fingerprint density at radius 3 is 2.39 bits per heavy atom. The average molecular weight is 240 g/mol. The van der Waals surface area contributed by atoms with Gasteiger partial charge in [0.2, 0.25) is 0 Å². The van der Waals surface area contributed by atoms with Crippen molar-refractivity contribution in [2.45, 2.75) is 0 Å². The van der Waals surface area contributed by atoms with Crippen LogP contribution in [0.1, 0.15) is 11.1 Å². The minimum atomic E-state index is 0.205. The van der Waals surface area contributed by atoms with Gasteiger partial charge in [-0.1, -0.05) is 24.3 Å². The minimum Gasteiger partial charge on any atom is -0.508 e. The van der Waals surface area contributed by atoms with Crippen LogP contribution in [-0.2, 0) is 0 Å². The first-order valence-corrected chi connectivity index (χ1v) is 5.69. The molecule has 3 nitrogen and oxygen atoms in total. The molecule has 2 aromatic rings. The van der Waals surface area contributed by atoms with E-state index >= 15 is 0 Å². The molecule has 0 aliphatic carbocycles. The Bertz CT molecular complexity index is 612. The fourth-order valence-electron chi connectivity index (χ4n) is 2.05. The van der Waals surface area contributed by atoms with E-state index in [1.807, 2.05) is 24.3 Å². The van der Waals surface area contributed by atoms with E-state index in [1.54, 1.807) is 24.3 Å². The summed E-state index contributed by atoms with van der Waals surface area (Å²) in [6.45, 7) is 0.327. The molecule has 3 rings (SSSR count). The second-order valence-corrected chi connectivity index (χ2v) is 4.16. The van der Waals surface area contributed by atoms with Crippen LogP contribution in [0.15, 0.2) is 48.5 Å². The number of hydrogen-bond acceptors (Lipinski definition) is 3. The number of phenolic OH excluding ortho intramolecular Hbond substituents is 1. The molecule has 2 aromatic carbocycles. The highest BCUT2D eigenvalue weighted by Gasteiger charge is 2.20. The van der Waals surface area contributed by atoms with E-state index in [2.05, 4.69) is 0 Å². The summed E-state index contributed by atoms with van der Waals surface area (Å²) in [7, 11) is 0. The number of phenols is 1. The van der Waals surface area contributed by atoms with Gasteiger partial charge in [-0.3, -0.25) is 0 Å². The summed E-state index contributed by atoms with van der Waals surface area (Å²) in [6.07, 6.45) is 0. The third-order valence-corrected chi connectivity index (χ3v) is 3.02. The van der Waals surface area contributed by atoms with Crippen LogP contribution in [0.3, 0.4) is 0 Å². The lowest BCUT2D eigenvalue weighted by Crippen LogP contribution is -2.10. The van der Waals surface area contributed by atoms with E-state index in [1.165, 1.54) is 0 Å². The van der Waals surface area contributed by atoms with Gasteiger partial charge in [0, 0.05) is 5.57 Å². The average Bonchev–Trinajstić information content (AvgIpc) is 2.41. The Morgan fingerprint density at radius 1 is 0.889 bits per heavy atom. The smallest absolute Gasteiger partial charge is 0.133 e. The monoisotopic (exact) mass is 240 g/mol. The van der Waals surface area contributed by atoms with Crippen LogP contribution in [0.5, 0.6) is 11.5 Å². The maximum absolute atomic E-state index is 10.3. The van der Waals surface area contributed by atoms with E-state index in [0.29, 0.717) is 17.9 Å². The first-order valence-electron chi connectivity index (χ1n) is 5.69. The van der Waals surface area contributed by atoms with Crippen LogP contribution >= 0.6 is 0 Å². The van der Waals surface area contributed by atoms with E-state index in [9.17, 15) is 10.2 Å². The van der Waals surface area contributed by atoms with E-state index in [-0.39, 0.29) is 11.5 Å². The number of aliphatic hydroxyl groups is 1. The van der Waals surface area contributed by atoms with Gasteiger partial charge in [0.15, 0.2) is 0 Å². The normalized spacial score (nSPS) is 14.0. The first kappa shape index (κ1) is 10.7. The van der Waals surface area contributed by atoms with Crippen molar-refractivity contribution >= 4 is 11.3 Å². The van der Waals surface area contributed by atoms with Crippen LogP contribution in [-0.4, -0.2) is 16.8 Å². The molecule has 0 amide bonds. The topological polar surface area (TPSA) is 49.7 Å². The molecule has 0 radical (unpaired) electrons. The summed E-state index contributed by atoms with van der Waals surface area (Å²) in [5.41, 5.74) is 2.28. The molecule has 0 saturated carbocycles. The molecule has 0 saturated heterocycles. The number of rotatable bonds is 1. The quantitative estimate of drug-likeness (QED) is 0.804. The number of ether oxygens (including phenoxy) is 1. The van der Waals surface area contributed by atoms with Gasteiger partial charge in [-0.05, 0) is 29.8 Å². The van der Waals surface area contributed by atoms with Crippen molar-refractivity contribution < 1.29 is 14.9 Å². The van der Waals surface area contributed by atoms with Crippen LogP contribution in [0.2, 0.25) is 0 Å². The highest BCUT2D eigenvalue weighted by atomic mass is 16.5. The Hall–Kier alpha value is -2.42. The predicted molar refractivity (Wildman–Crippen MR) is 69.5 cm³/mol. The number of benzene rings is 2. The zero-order chi connectivity index (χ0) is 12.5. The molecule has 0 unspecified atom stereocenters. The molecule has 90 valence electrons. The van der Waals surface area contributed by atoms with Gasteiger partial charge in [0.1, 0.15) is 23.9 Å². The van der Waals surface area contributed by atoms with Crippen LogP contribution in [0.4, 0.5) is 0 Å². The van der Waals surface area contributed by atoms with Gasteiger partial charge in [0.05, 0.1) is 5.56 Å². The number of aliphatic hydroxyl groups excluding tert-OH is 1. The van der Waals surface area contributed by atoms with Crippen LogP contribution < -0.4 is 4.74 Å². The molecule has 1 aliphatic rings. The Balaban J connectivity index is 2.11. The molecular weight excluding hydrogens is 228 g/mol. The molecule has 0 aromatic heterocycles. The van der Waals surface area contributed by atoms with E-state index < -0.39 is 0 Å². The Morgan fingerprint density at radius 2 is 1.61 bits per heavy atom. The summed E-state index contributed by atoms with van der Waals surface area (Å²) in [5, 5.41) is 19.5. The molecule has 3 heteroatoms. The van der Waals surface area contributed by atoms with Gasteiger partial charge < -0.3 is 14.9 Å². The van der Waals surface area contributed by atoms with Gasteiger partial charge in [0.25, 0.3) is 0 Å². The maximum Gasteiger partial charge on any atom is 0.133 e. The minimum absolute atomic E-state index is 0.205. The number of fused-ring (bicyclic) bond motifs is 1. The van der Waals surface area contributed by atoms with Gasteiger partial charge in [-0.15, -0.1) is 0 Å². The molecule has 0 bridgehead atoms. The third kappa shape index (κ3) is 1.70. The summed E-state index contributed by atoms with van der Waals surface area (Å²) < 4.78 is 5.61. The fraction of sp³-hybridized carbons (Fsp3) is 0.0667. The third-order valence-electron chi connectivity index (χ3n) is 3.02. The molecule has 18 heavy (non-hydrogen) atoms. The predicted octanol–water partition coefficient (Wildman–Crippen LogP) is 3.21. The van der Waals surface area contributed by atoms with Crippen molar-refractivity contribution in [3.8, 4) is 11.5 Å². The Labute approximate surface area is 105 Å². The SMILES string of the molecule is OC1=C(c2ccc(O)cc2)COc2ccccc21. The number of hydrogen-bond donors (Lipinski definition) is 2. The van der Waals surface area contributed by atoms with Crippen LogP contribution in [0, 0.1) is 0 Å². The molecule has 1 aliphatic heterocycles. The molecule has 2 N–H and O–H groups in total. The van der Waals surface area contributed by atoms with Crippen molar-refractivity contribution in [1.82, 2.24) is 0 Å². The van der Waals surface area contributed by atoms with Gasteiger partial charge in [-0.2, -0.15) is 0 Å². The van der Waals surface area contributed by atoms with Crippen molar-refractivity contribution in [3.05, 3.63) is 59.7 Å². The Kier molecular flexibility index (Phi) is 2.45. The summed E-state index contributed by atoms with van der Waals surface area (Å²) >= 11 is 0. The van der Waals surface area contributed by atoms with E-state index in [4.69, 9.17) is 4.74 Å². The zero-order valence-corrected chi connectivity index (χ0v) is 9.63. The van der Waals surface area contributed by atoms with Crippen molar-refractivity contribution in [3.63, 3.8) is 0 Å². The van der Waals surface area contributed by atoms with Crippen molar-refractivity contribution in [2.75, 3.05) is 6.61 Å².